The van der Waals surface area contributed by atoms with Crippen LogP contribution < -0.4 is 15.4 Å². The number of nitrogens with zero attached hydrogens (tertiary/aromatic N) is 1. The number of aromatic nitrogens is 1. The highest BCUT2D eigenvalue weighted by molar-refractivity contribution is 7.16. The van der Waals surface area contributed by atoms with Crippen molar-refractivity contribution >= 4 is 34.0 Å². The van der Waals surface area contributed by atoms with Crippen LogP contribution in [0.1, 0.15) is 58.6 Å². The summed E-state index contributed by atoms with van der Waals surface area (Å²) in [6, 6.07) is 15.0. The van der Waals surface area contributed by atoms with Gasteiger partial charge in [-0.05, 0) is 67.6 Å². The van der Waals surface area contributed by atoms with Gasteiger partial charge in [-0.2, -0.15) is 0 Å². The number of nitrogens with one attached hydrogen (secondary N) is 2. The van der Waals surface area contributed by atoms with Gasteiger partial charge in [0.05, 0.1) is 18.7 Å². The average Bonchev–Trinajstić information content (AvgIpc) is 3.38. The molecule has 32 heavy (non-hydrogen) atoms. The molecular weight excluding hydrogens is 422 g/mol. The molecule has 6 nitrogen and oxygen atoms in total. The predicted molar refractivity (Wildman–Crippen MR) is 128 cm³/mol. The number of benzene rings is 2. The number of rotatable bonds is 8. The lowest BCUT2D eigenvalue weighted by Crippen LogP contribution is -2.20. The van der Waals surface area contributed by atoms with Crippen LogP contribution >= 0.6 is 11.3 Å². The molecule has 3 aromatic rings. The van der Waals surface area contributed by atoms with E-state index in [1.54, 1.807) is 31.4 Å². The predicted octanol–water partition coefficient (Wildman–Crippen LogP) is 5.42. The van der Waals surface area contributed by atoms with Gasteiger partial charge in [0.2, 0.25) is 5.91 Å². The summed E-state index contributed by atoms with van der Waals surface area (Å²) in [6.07, 6.45) is 4.91. The molecule has 4 rings (SSSR count). The zero-order chi connectivity index (χ0) is 22.5. The van der Waals surface area contributed by atoms with E-state index in [4.69, 9.17) is 4.74 Å². The lowest BCUT2D eigenvalue weighted by molar-refractivity contribution is -0.117. The van der Waals surface area contributed by atoms with Gasteiger partial charge in [-0.3, -0.25) is 14.9 Å². The van der Waals surface area contributed by atoms with Crippen molar-refractivity contribution in [3.63, 3.8) is 0 Å². The first-order valence-electron chi connectivity index (χ1n) is 10.9. The molecule has 2 N–H and O–H groups in total. The monoisotopic (exact) mass is 449 g/mol. The van der Waals surface area contributed by atoms with Crippen LogP contribution in [0.25, 0.3) is 0 Å². The smallest absolute Gasteiger partial charge is 0.257 e. The number of methoxy groups -OCH3 is 1. The molecule has 0 aliphatic heterocycles. The zero-order valence-corrected chi connectivity index (χ0v) is 19.1. The van der Waals surface area contributed by atoms with Gasteiger partial charge in [0.25, 0.3) is 5.91 Å². The molecule has 1 unspecified atom stereocenters. The van der Waals surface area contributed by atoms with Gasteiger partial charge in [-0.1, -0.05) is 25.5 Å². The van der Waals surface area contributed by atoms with Gasteiger partial charge >= 0.3 is 0 Å². The molecule has 2 aromatic carbocycles. The maximum absolute atomic E-state index is 12.9. The average molecular weight is 450 g/mol. The summed E-state index contributed by atoms with van der Waals surface area (Å²) in [6.45, 7) is 2.18. The lowest BCUT2D eigenvalue weighted by atomic mass is 10.1. The van der Waals surface area contributed by atoms with Crippen molar-refractivity contribution in [2.75, 3.05) is 17.7 Å². The van der Waals surface area contributed by atoms with Crippen molar-refractivity contribution in [2.45, 2.75) is 44.9 Å². The van der Waals surface area contributed by atoms with Gasteiger partial charge in [0, 0.05) is 16.1 Å². The van der Waals surface area contributed by atoms with E-state index in [0.717, 1.165) is 41.9 Å². The fourth-order valence-corrected chi connectivity index (χ4v) is 4.85. The summed E-state index contributed by atoms with van der Waals surface area (Å²) in [5.41, 5.74) is 3.38. The van der Waals surface area contributed by atoms with Crippen LogP contribution in [0.3, 0.4) is 0 Å². The van der Waals surface area contributed by atoms with Crippen molar-refractivity contribution in [3.05, 3.63) is 70.2 Å². The molecule has 0 saturated carbocycles. The number of ether oxygens (including phenoxy) is 1. The Morgan fingerprint density at radius 3 is 2.53 bits per heavy atom. The molecular formula is C25H27N3O3S. The van der Waals surface area contributed by atoms with Crippen LogP contribution in [0.4, 0.5) is 10.8 Å². The minimum atomic E-state index is -0.298. The first-order chi connectivity index (χ1) is 15.6. The van der Waals surface area contributed by atoms with Crippen molar-refractivity contribution in [1.82, 2.24) is 4.98 Å². The molecule has 1 atom stereocenters. The fraction of sp³-hybridized carbons (Fsp3) is 0.320. The number of anilines is 2. The van der Waals surface area contributed by atoms with E-state index >= 15 is 0 Å². The summed E-state index contributed by atoms with van der Waals surface area (Å²) in [7, 11) is 1.58. The van der Waals surface area contributed by atoms with Crippen LogP contribution in [0.5, 0.6) is 5.75 Å². The van der Waals surface area contributed by atoms with Gasteiger partial charge < -0.3 is 10.1 Å². The Kier molecular flexibility index (Phi) is 6.85. The Morgan fingerprint density at radius 2 is 1.84 bits per heavy atom. The molecule has 1 aromatic heterocycles. The second-order valence-corrected chi connectivity index (χ2v) is 8.97. The molecule has 2 amide bonds. The minimum absolute atomic E-state index is 0.0524. The molecule has 7 heteroatoms. The summed E-state index contributed by atoms with van der Waals surface area (Å²) in [5, 5.41) is 6.40. The maximum atomic E-state index is 12.9. The van der Waals surface area contributed by atoms with E-state index in [2.05, 4.69) is 34.7 Å². The number of unbranched alkanes of at least 4 members (excludes halogenated alkanes) is 1. The fourth-order valence-electron chi connectivity index (χ4n) is 3.81. The van der Waals surface area contributed by atoms with Crippen molar-refractivity contribution in [3.8, 4) is 5.75 Å². The Balaban J connectivity index is 1.39. The Morgan fingerprint density at radius 1 is 1.09 bits per heavy atom. The van der Waals surface area contributed by atoms with E-state index in [1.165, 1.54) is 23.3 Å². The van der Waals surface area contributed by atoms with Crippen molar-refractivity contribution < 1.29 is 14.3 Å². The van der Waals surface area contributed by atoms with Gasteiger partial charge in [-0.25, -0.2) is 4.98 Å². The van der Waals surface area contributed by atoms with Gasteiger partial charge in [0.15, 0.2) is 5.13 Å². The molecule has 0 fully saturated rings. The topological polar surface area (TPSA) is 80.3 Å². The lowest BCUT2D eigenvalue weighted by Gasteiger charge is -2.11. The quantitative estimate of drug-likeness (QED) is 0.481. The van der Waals surface area contributed by atoms with Crippen LogP contribution in [0, 0.1) is 0 Å². The van der Waals surface area contributed by atoms with Crippen molar-refractivity contribution in [1.29, 1.82) is 0 Å². The molecule has 1 aliphatic carbocycles. The molecule has 0 spiro atoms. The second-order valence-electron chi connectivity index (χ2n) is 7.89. The molecule has 0 bridgehead atoms. The summed E-state index contributed by atoms with van der Waals surface area (Å²) >= 11 is 1.44. The van der Waals surface area contributed by atoms with Crippen LogP contribution in [-0.4, -0.2) is 23.9 Å². The molecule has 0 radical (unpaired) electrons. The standard InChI is InChI=1S/C25H27N3O3S/c1-3-4-5-16-6-10-18(11-7-16)26-24(30)20-14-15-21-22(20)27-25(32-21)28-23(29)17-8-12-19(31-2)13-9-17/h6-13,20H,3-5,14-15H2,1-2H3,(H,26,30)(H,27,28,29). The number of hydrogen-bond donors (Lipinski definition) is 2. The van der Waals surface area contributed by atoms with Crippen LogP contribution in [0.15, 0.2) is 48.5 Å². The van der Waals surface area contributed by atoms with Crippen LogP contribution in [0.2, 0.25) is 0 Å². The SMILES string of the molecule is CCCCc1ccc(NC(=O)C2CCc3sc(NC(=O)c4ccc(OC)cc4)nc32)cc1. The largest absolute Gasteiger partial charge is 0.497 e. The number of thiazole rings is 1. The zero-order valence-electron chi connectivity index (χ0n) is 18.3. The first-order valence-corrected chi connectivity index (χ1v) is 11.7. The molecule has 0 saturated heterocycles. The minimum Gasteiger partial charge on any atom is -0.497 e. The van der Waals surface area contributed by atoms with E-state index < -0.39 is 0 Å². The molecule has 166 valence electrons. The van der Waals surface area contributed by atoms with E-state index in [9.17, 15) is 9.59 Å². The highest BCUT2D eigenvalue weighted by Gasteiger charge is 2.33. The van der Waals surface area contributed by atoms with E-state index in [1.807, 2.05) is 12.1 Å². The third kappa shape index (κ3) is 4.99. The number of carbonyl (C=O) groups is 2. The molecule has 1 heterocycles. The number of carbonyl (C=O) groups excluding carboxylic acids is 2. The van der Waals surface area contributed by atoms with Crippen LogP contribution in [-0.2, 0) is 17.6 Å². The van der Waals surface area contributed by atoms with Gasteiger partial charge in [0.1, 0.15) is 5.75 Å². The Labute approximate surface area is 192 Å². The van der Waals surface area contributed by atoms with E-state index in [-0.39, 0.29) is 17.7 Å². The van der Waals surface area contributed by atoms with Gasteiger partial charge in [-0.15, -0.1) is 11.3 Å². The number of fused-ring (bicyclic) bond motifs is 1. The Hall–Kier alpha value is -3.19. The highest BCUT2D eigenvalue weighted by atomic mass is 32.1. The van der Waals surface area contributed by atoms with Crippen molar-refractivity contribution in [2.24, 2.45) is 0 Å². The third-order valence-corrected chi connectivity index (χ3v) is 6.69. The Bertz CT molecular complexity index is 1090. The first kappa shape index (κ1) is 22.0. The highest BCUT2D eigenvalue weighted by Crippen LogP contribution is 2.39. The number of hydrogen-bond acceptors (Lipinski definition) is 5. The maximum Gasteiger partial charge on any atom is 0.257 e. The second kappa shape index (κ2) is 9.96. The summed E-state index contributed by atoms with van der Waals surface area (Å²) < 4.78 is 5.13. The number of aryl methyl sites for hydroxylation is 2. The number of amides is 2. The molecule has 1 aliphatic rings. The third-order valence-electron chi connectivity index (χ3n) is 5.65. The normalized spacial score (nSPS) is 14.6. The van der Waals surface area contributed by atoms with E-state index in [0.29, 0.717) is 16.4 Å². The summed E-state index contributed by atoms with van der Waals surface area (Å²) in [5.74, 6) is 0.111. The summed E-state index contributed by atoms with van der Waals surface area (Å²) in [4.78, 5) is 31.1.